The Morgan fingerprint density at radius 2 is 2.50 bits per heavy atom. The van der Waals surface area contributed by atoms with E-state index in [2.05, 4.69) is 4.98 Å². The van der Waals surface area contributed by atoms with Gasteiger partial charge in [0.2, 0.25) is 0 Å². The Balaban J connectivity index is 2.27. The maximum absolute atomic E-state index is 7.52. The van der Waals surface area contributed by atoms with Crippen molar-refractivity contribution in [3.05, 3.63) is 23.9 Å². The number of ether oxygens (including phenoxy) is 1. The van der Waals surface area contributed by atoms with Crippen LogP contribution in [-0.2, 0) is 4.74 Å². The molecule has 1 aromatic heterocycles. The van der Waals surface area contributed by atoms with E-state index in [1.54, 1.807) is 12.3 Å². The number of aromatic nitrogens is 1. The summed E-state index contributed by atoms with van der Waals surface area (Å²) >= 11 is 0. The zero-order valence-corrected chi connectivity index (χ0v) is 9.31. The summed E-state index contributed by atoms with van der Waals surface area (Å²) in [7, 11) is 1.97. The molecule has 5 heteroatoms. The van der Waals surface area contributed by atoms with Crippen LogP contribution in [0.5, 0.6) is 0 Å². The molecule has 0 bridgehead atoms. The molecule has 3 N–H and O–H groups in total. The first-order valence-corrected chi connectivity index (χ1v) is 5.30. The van der Waals surface area contributed by atoms with E-state index in [9.17, 15) is 0 Å². The van der Waals surface area contributed by atoms with Gasteiger partial charge >= 0.3 is 0 Å². The number of amidine groups is 1. The molecule has 2 rings (SSSR count). The van der Waals surface area contributed by atoms with Gasteiger partial charge in [-0.05, 0) is 18.6 Å². The fourth-order valence-electron chi connectivity index (χ4n) is 1.89. The van der Waals surface area contributed by atoms with E-state index in [1.807, 2.05) is 18.0 Å². The molecule has 1 aliphatic rings. The molecule has 1 unspecified atom stereocenters. The van der Waals surface area contributed by atoms with Crippen molar-refractivity contribution in [3.8, 4) is 0 Å². The van der Waals surface area contributed by atoms with Crippen LogP contribution in [0.4, 0.5) is 5.82 Å². The average molecular weight is 220 g/mol. The molecule has 1 aliphatic heterocycles. The molecule has 1 saturated heterocycles. The normalized spacial score (nSPS) is 19.7. The van der Waals surface area contributed by atoms with E-state index >= 15 is 0 Å². The van der Waals surface area contributed by atoms with Gasteiger partial charge in [0, 0.05) is 19.9 Å². The van der Waals surface area contributed by atoms with Crippen LogP contribution in [0.25, 0.3) is 0 Å². The molecule has 86 valence electrons. The molecule has 0 spiro atoms. The minimum Gasteiger partial charge on any atom is -0.384 e. The standard InChI is InChI=1S/C11H16N4O/c1-15(8-4-6-16-7-8)11-9(10(12)13)3-2-5-14-11/h2-3,5,8H,4,6-7H2,1H3,(H3,12,13). The van der Waals surface area contributed by atoms with E-state index < -0.39 is 0 Å². The highest BCUT2D eigenvalue weighted by Gasteiger charge is 2.23. The highest BCUT2D eigenvalue weighted by molar-refractivity contribution is 5.99. The molecule has 2 heterocycles. The average Bonchev–Trinajstić information content (AvgIpc) is 2.81. The van der Waals surface area contributed by atoms with Gasteiger partial charge in [-0.2, -0.15) is 0 Å². The number of pyridine rings is 1. The number of rotatable bonds is 3. The van der Waals surface area contributed by atoms with Crippen LogP contribution in [0.2, 0.25) is 0 Å². The number of likely N-dealkylation sites (N-methyl/N-ethyl adjacent to an activating group) is 1. The number of nitrogen functional groups attached to an aromatic ring is 1. The van der Waals surface area contributed by atoms with Gasteiger partial charge in [-0.25, -0.2) is 4.98 Å². The van der Waals surface area contributed by atoms with Crippen LogP contribution in [-0.4, -0.2) is 37.1 Å². The van der Waals surface area contributed by atoms with Gasteiger partial charge in [0.15, 0.2) is 0 Å². The molecule has 0 aliphatic carbocycles. The number of hydrogen-bond acceptors (Lipinski definition) is 4. The van der Waals surface area contributed by atoms with Crippen LogP contribution < -0.4 is 10.6 Å². The van der Waals surface area contributed by atoms with Crippen molar-refractivity contribution in [3.63, 3.8) is 0 Å². The second kappa shape index (κ2) is 4.49. The predicted octanol–water partition coefficient (Wildman–Crippen LogP) is 0.591. The van der Waals surface area contributed by atoms with Crippen molar-refractivity contribution in [2.45, 2.75) is 12.5 Å². The van der Waals surface area contributed by atoms with Crippen LogP contribution >= 0.6 is 0 Å². The topological polar surface area (TPSA) is 75.2 Å². The van der Waals surface area contributed by atoms with E-state index in [1.165, 1.54) is 0 Å². The molecule has 0 radical (unpaired) electrons. The monoisotopic (exact) mass is 220 g/mol. The summed E-state index contributed by atoms with van der Waals surface area (Å²) in [4.78, 5) is 6.34. The second-order valence-electron chi connectivity index (χ2n) is 3.92. The molecule has 1 fully saturated rings. The van der Waals surface area contributed by atoms with Gasteiger partial charge in [0.1, 0.15) is 11.7 Å². The zero-order chi connectivity index (χ0) is 11.5. The summed E-state index contributed by atoms with van der Waals surface area (Å²) in [5.74, 6) is 0.805. The van der Waals surface area contributed by atoms with Crippen LogP contribution in [0.15, 0.2) is 18.3 Å². The van der Waals surface area contributed by atoms with Gasteiger partial charge in [-0.1, -0.05) is 0 Å². The van der Waals surface area contributed by atoms with E-state index in [-0.39, 0.29) is 5.84 Å². The second-order valence-corrected chi connectivity index (χ2v) is 3.92. The summed E-state index contributed by atoms with van der Waals surface area (Å²) in [6.45, 7) is 1.50. The fourth-order valence-corrected chi connectivity index (χ4v) is 1.89. The first kappa shape index (κ1) is 10.9. The van der Waals surface area contributed by atoms with Gasteiger partial charge in [0.25, 0.3) is 0 Å². The quantitative estimate of drug-likeness (QED) is 0.577. The van der Waals surface area contributed by atoms with Gasteiger partial charge < -0.3 is 15.4 Å². The smallest absolute Gasteiger partial charge is 0.139 e. The lowest BCUT2D eigenvalue weighted by atomic mass is 10.2. The van der Waals surface area contributed by atoms with Gasteiger partial charge in [0.05, 0.1) is 18.2 Å². The lowest BCUT2D eigenvalue weighted by Crippen LogP contribution is -2.34. The van der Waals surface area contributed by atoms with E-state index in [0.717, 1.165) is 18.8 Å². The highest BCUT2D eigenvalue weighted by Crippen LogP contribution is 2.21. The Hall–Kier alpha value is -1.62. The Morgan fingerprint density at radius 1 is 1.69 bits per heavy atom. The lowest BCUT2D eigenvalue weighted by molar-refractivity contribution is 0.193. The minimum atomic E-state index is 0.0499. The summed E-state index contributed by atoms with van der Waals surface area (Å²) in [6.07, 6.45) is 2.71. The first-order valence-electron chi connectivity index (χ1n) is 5.30. The van der Waals surface area contributed by atoms with Gasteiger partial charge in [-0.15, -0.1) is 0 Å². The number of nitrogens with zero attached hydrogens (tertiary/aromatic N) is 2. The molecular formula is C11H16N4O. The van der Waals surface area contributed by atoms with Crippen molar-refractivity contribution in [1.29, 1.82) is 5.41 Å². The van der Waals surface area contributed by atoms with Crippen molar-refractivity contribution in [2.24, 2.45) is 5.73 Å². The largest absolute Gasteiger partial charge is 0.384 e. The molecule has 0 saturated carbocycles. The lowest BCUT2D eigenvalue weighted by Gasteiger charge is -2.25. The Kier molecular flexibility index (Phi) is 3.05. The third kappa shape index (κ3) is 1.99. The molecule has 1 aromatic rings. The third-order valence-electron chi connectivity index (χ3n) is 2.86. The maximum Gasteiger partial charge on any atom is 0.139 e. The summed E-state index contributed by atoms with van der Waals surface area (Å²) < 4.78 is 5.35. The molecule has 1 atom stereocenters. The zero-order valence-electron chi connectivity index (χ0n) is 9.31. The minimum absolute atomic E-state index is 0.0499. The van der Waals surface area contributed by atoms with Crippen molar-refractivity contribution < 1.29 is 4.74 Å². The van der Waals surface area contributed by atoms with Crippen molar-refractivity contribution in [1.82, 2.24) is 4.98 Å². The van der Waals surface area contributed by atoms with Gasteiger partial charge in [-0.3, -0.25) is 5.41 Å². The van der Waals surface area contributed by atoms with Crippen LogP contribution in [0.3, 0.4) is 0 Å². The summed E-state index contributed by atoms with van der Waals surface area (Å²) in [5.41, 5.74) is 6.21. The highest BCUT2D eigenvalue weighted by atomic mass is 16.5. The molecule has 0 amide bonds. The third-order valence-corrected chi connectivity index (χ3v) is 2.86. The van der Waals surface area contributed by atoms with Crippen LogP contribution in [0, 0.1) is 5.41 Å². The van der Waals surface area contributed by atoms with E-state index in [4.69, 9.17) is 15.9 Å². The predicted molar refractivity (Wildman–Crippen MR) is 62.9 cm³/mol. The molecule has 5 nitrogen and oxygen atoms in total. The Morgan fingerprint density at radius 3 is 3.12 bits per heavy atom. The Bertz CT molecular complexity index is 387. The number of nitrogens with two attached hydrogens (primary N) is 1. The maximum atomic E-state index is 7.52. The molecule has 16 heavy (non-hydrogen) atoms. The first-order chi connectivity index (χ1) is 7.70. The fraction of sp³-hybridized carbons (Fsp3) is 0.455. The number of nitrogens with one attached hydrogen (secondary N) is 1. The number of hydrogen-bond donors (Lipinski definition) is 2. The summed E-state index contributed by atoms with van der Waals surface area (Å²) in [5, 5.41) is 7.52. The van der Waals surface area contributed by atoms with E-state index in [0.29, 0.717) is 18.2 Å². The van der Waals surface area contributed by atoms with Crippen molar-refractivity contribution in [2.75, 3.05) is 25.2 Å². The number of anilines is 1. The molecular weight excluding hydrogens is 204 g/mol. The molecule has 0 aromatic carbocycles. The SMILES string of the molecule is CN(c1ncccc1C(=N)N)C1CCOC1. The Labute approximate surface area is 94.7 Å². The van der Waals surface area contributed by atoms with Crippen LogP contribution in [0.1, 0.15) is 12.0 Å². The summed E-state index contributed by atoms with van der Waals surface area (Å²) in [6, 6.07) is 3.93. The van der Waals surface area contributed by atoms with Crippen molar-refractivity contribution >= 4 is 11.7 Å².